The summed E-state index contributed by atoms with van der Waals surface area (Å²) in [6.45, 7) is 1.48. The number of carbonyl (C=O) groups excluding carboxylic acids is 1. The molecule has 140 valence electrons. The minimum atomic E-state index is -5.36. The maximum atomic E-state index is 13.7. The first-order valence-corrected chi connectivity index (χ1v) is 7.05. The van der Waals surface area contributed by atoms with Crippen LogP contribution in [0.3, 0.4) is 0 Å². The number of H-pyrrole nitrogens is 1. The van der Waals surface area contributed by atoms with Crippen LogP contribution in [-0.4, -0.2) is 44.1 Å². The summed E-state index contributed by atoms with van der Waals surface area (Å²) in [4.78, 5) is 25.1. The molecular formula is C14H13F4N5O3. The van der Waals surface area contributed by atoms with Crippen molar-refractivity contribution in [3.05, 3.63) is 30.1 Å². The van der Waals surface area contributed by atoms with Gasteiger partial charge < -0.3 is 16.2 Å². The van der Waals surface area contributed by atoms with Gasteiger partial charge in [0.2, 0.25) is 11.7 Å². The van der Waals surface area contributed by atoms with E-state index in [0.717, 1.165) is 0 Å². The van der Waals surface area contributed by atoms with E-state index in [0.29, 0.717) is 5.69 Å². The molecule has 0 bridgehead atoms. The Labute approximate surface area is 143 Å². The van der Waals surface area contributed by atoms with E-state index in [4.69, 9.17) is 10.8 Å². The highest BCUT2D eigenvalue weighted by Gasteiger charge is 2.65. The zero-order valence-electron chi connectivity index (χ0n) is 13.1. The summed E-state index contributed by atoms with van der Waals surface area (Å²) in [5, 5.41) is 15.8. The lowest BCUT2D eigenvalue weighted by molar-refractivity contribution is -0.231. The highest BCUT2D eigenvalue weighted by molar-refractivity contribution is 5.94. The second kappa shape index (κ2) is 6.71. The second-order valence-corrected chi connectivity index (χ2v) is 5.32. The van der Waals surface area contributed by atoms with Crippen LogP contribution >= 0.6 is 0 Å². The fraction of sp³-hybridized carbons (Fsp3) is 0.286. The van der Waals surface area contributed by atoms with Crippen molar-refractivity contribution in [2.45, 2.75) is 24.8 Å². The summed E-state index contributed by atoms with van der Waals surface area (Å²) in [6, 6.07) is 4.74. The molecule has 5 N–H and O–H groups in total. The Bertz CT molecular complexity index is 820. The SMILES string of the molecule is C[C@H](N)C(=O)Nc1ccc(-c2n[nH]c(C(F)(F)C(F)(F)C(=O)O)n2)cc1. The standard InChI is InChI=1S/C14H13F4N5O3/c1-6(19)10(24)20-8-4-2-7(3-5-8)9-21-11(23-22-9)13(15,16)14(17,18)12(25)26/h2-6H,19H2,1H3,(H,20,24)(H,25,26)(H,21,22,23)/t6-/m0/s1. The number of halogens is 4. The molecule has 0 saturated heterocycles. The van der Waals surface area contributed by atoms with Crippen molar-refractivity contribution in [2.24, 2.45) is 5.73 Å². The summed E-state index contributed by atoms with van der Waals surface area (Å²) in [6.07, 6.45) is 0. The van der Waals surface area contributed by atoms with Gasteiger partial charge in [0.05, 0.1) is 6.04 Å². The molecule has 8 nitrogen and oxygen atoms in total. The number of hydrogen-bond acceptors (Lipinski definition) is 5. The highest BCUT2D eigenvalue weighted by atomic mass is 19.3. The summed E-state index contributed by atoms with van der Waals surface area (Å²) in [5.41, 5.74) is 5.92. The van der Waals surface area contributed by atoms with Crippen LogP contribution in [0.2, 0.25) is 0 Å². The summed E-state index contributed by atoms with van der Waals surface area (Å²) >= 11 is 0. The quantitative estimate of drug-likeness (QED) is 0.566. The topological polar surface area (TPSA) is 134 Å². The van der Waals surface area contributed by atoms with Crippen molar-refractivity contribution in [2.75, 3.05) is 5.32 Å². The van der Waals surface area contributed by atoms with Gasteiger partial charge in [-0.2, -0.15) is 22.7 Å². The molecule has 0 aliphatic rings. The van der Waals surface area contributed by atoms with Crippen molar-refractivity contribution in [1.82, 2.24) is 15.2 Å². The number of carboxylic acid groups (broad SMARTS) is 1. The number of nitrogens with two attached hydrogens (primary N) is 1. The lowest BCUT2D eigenvalue weighted by atomic mass is 10.1. The van der Waals surface area contributed by atoms with E-state index in [2.05, 4.69) is 15.4 Å². The molecule has 0 aliphatic heterocycles. The van der Waals surface area contributed by atoms with Gasteiger partial charge in [-0.15, -0.1) is 0 Å². The molecule has 0 aliphatic carbocycles. The Hall–Kier alpha value is -3.02. The normalized spacial score (nSPS) is 13.3. The molecule has 0 saturated carbocycles. The predicted molar refractivity (Wildman–Crippen MR) is 80.6 cm³/mol. The van der Waals surface area contributed by atoms with E-state index in [-0.39, 0.29) is 11.4 Å². The number of nitrogens with zero attached hydrogens (tertiary/aromatic N) is 2. The molecule has 0 unspecified atom stereocenters. The average molecular weight is 375 g/mol. The fourth-order valence-corrected chi connectivity index (χ4v) is 1.77. The van der Waals surface area contributed by atoms with Crippen LogP contribution in [-0.2, 0) is 15.5 Å². The van der Waals surface area contributed by atoms with Gasteiger partial charge in [-0.25, -0.2) is 9.78 Å². The molecule has 12 heteroatoms. The third kappa shape index (κ3) is 3.49. The molecule has 1 aromatic heterocycles. The molecule has 2 aromatic rings. The molecule has 1 atom stereocenters. The largest absolute Gasteiger partial charge is 0.477 e. The summed E-state index contributed by atoms with van der Waals surface area (Å²) in [7, 11) is 0. The first-order chi connectivity index (χ1) is 12.0. The smallest absolute Gasteiger partial charge is 0.411 e. The fourth-order valence-electron chi connectivity index (χ4n) is 1.77. The van der Waals surface area contributed by atoms with E-state index >= 15 is 0 Å². The molecule has 0 radical (unpaired) electrons. The van der Waals surface area contributed by atoms with Gasteiger partial charge in [-0.1, -0.05) is 0 Å². The highest BCUT2D eigenvalue weighted by Crippen LogP contribution is 2.41. The third-order valence-corrected chi connectivity index (χ3v) is 3.27. The predicted octanol–water partition coefficient (Wildman–Crippen LogP) is 1.57. The number of rotatable bonds is 6. The molecule has 0 spiro atoms. The van der Waals surface area contributed by atoms with Crippen LogP contribution in [0.4, 0.5) is 23.2 Å². The number of aromatic amines is 1. The number of benzene rings is 1. The Balaban J connectivity index is 2.25. The molecule has 1 aromatic carbocycles. The number of alkyl halides is 4. The third-order valence-electron chi connectivity index (χ3n) is 3.27. The van der Waals surface area contributed by atoms with Gasteiger partial charge in [-0.05, 0) is 31.2 Å². The van der Waals surface area contributed by atoms with Crippen molar-refractivity contribution >= 4 is 17.6 Å². The molecule has 1 amide bonds. The second-order valence-electron chi connectivity index (χ2n) is 5.32. The van der Waals surface area contributed by atoms with Crippen LogP contribution in [0.1, 0.15) is 12.7 Å². The Morgan fingerprint density at radius 2 is 1.81 bits per heavy atom. The van der Waals surface area contributed by atoms with E-state index in [9.17, 15) is 27.2 Å². The van der Waals surface area contributed by atoms with E-state index in [1.165, 1.54) is 31.2 Å². The van der Waals surface area contributed by atoms with Gasteiger partial charge in [0.1, 0.15) is 0 Å². The zero-order valence-corrected chi connectivity index (χ0v) is 13.1. The Kier molecular flexibility index (Phi) is 4.98. The first kappa shape index (κ1) is 19.3. The Morgan fingerprint density at radius 1 is 1.23 bits per heavy atom. The molecule has 26 heavy (non-hydrogen) atoms. The maximum absolute atomic E-state index is 13.7. The van der Waals surface area contributed by atoms with Crippen molar-refractivity contribution in [3.63, 3.8) is 0 Å². The van der Waals surface area contributed by atoms with E-state index in [1.807, 2.05) is 0 Å². The average Bonchev–Trinajstić information content (AvgIpc) is 3.05. The number of aliphatic carboxylic acids is 1. The number of carbonyl (C=O) groups is 2. The monoisotopic (exact) mass is 375 g/mol. The number of nitrogens with one attached hydrogen (secondary N) is 2. The van der Waals surface area contributed by atoms with Crippen molar-refractivity contribution in [3.8, 4) is 11.4 Å². The maximum Gasteiger partial charge on any atom is 0.411 e. The first-order valence-electron chi connectivity index (χ1n) is 7.05. The van der Waals surface area contributed by atoms with Crippen LogP contribution < -0.4 is 11.1 Å². The van der Waals surface area contributed by atoms with Crippen LogP contribution in [0.25, 0.3) is 11.4 Å². The van der Waals surface area contributed by atoms with Crippen LogP contribution in [0.5, 0.6) is 0 Å². The van der Waals surface area contributed by atoms with Gasteiger partial charge in [0.25, 0.3) is 0 Å². The minimum absolute atomic E-state index is 0.167. The van der Waals surface area contributed by atoms with Gasteiger partial charge in [0, 0.05) is 11.3 Å². The van der Waals surface area contributed by atoms with Crippen molar-refractivity contribution in [1.29, 1.82) is 0 Å². The van der Waals surface area contributed by atoms with Gasteiger partial charge in [-0.3, -0.25) is 9.89 Å². The van der Waals surface area contributed by atoms with E-state index in [1.54, 1.807) is 5.10 Å². The summed E-state index contributed by atoms with van der Waals surface area (Å²) in [5.74, 6) is -15.8. The Morgan fingerprint density at radius 3 is 2.31 bits per heavy atom. The van der Waals surface area contributed by atoms with Gasteiger partial charge in [0.15, 0.2) is 5.82 Å². The lowest BCUT2D eigenvalue weighted by Crippen LogP contribution is -2.45. The van der Waals surface area contributed by atoms with E-state index < -0.39 is 35.6 Å². The minimum Gasteiger partial charge on any atom is -0.477 e. The number of aromatic nitrogens is 3. The summed E-state index contributed by atoms with van der Waals surface area (Å²) < 4.78 is 53.7. The number of hydrogen-bond donors (Lipinski definition) is 4. The molecular weight excluding hydrogens is 362 g/mol. The zero-order chi connectivity index (χ0) is 19.7. The number of carboxylic acids is 1. The molecule has 1 heterocycles. The number of anilines is 1. The van der Waals surface area contributed by atoms with Crippen LogP contribution in [0.15, 0.2) is 24.3 Å². The molecule has 0 fully saturated rings. The van der Waals surface area contributed by atoms with Crippen LogP contribution in [0, 0.1) is 0 Å². The lowest BCUT2D eigenvalue weighted by Gasteiger charge is -2.20. The molecule has 2 rings (SSSR count). The van der Waals surface area contributed by atoms with Gasteiger partial charge >= 0.3 is 17.8 Å². The number of amides is 1. The van der Waals surface area contributed by atoms with Crippen molar-refractivity contribution < 1.29 is 32.3 Å².